The largest absolute Gasteiger partial charge is 0.382 e. The van der Waals surface area contributed by atoms with Crippen molar-refractivity contribution in [3.63, 3.8) is 0 Å². The maximum absolute atomic E-state index is 13.1. The Morgan fingerprint density at radius 3 is 2.62 bits per heavy atom. The minimum atomic E-state index is -0.633. The van der Waals surface area contributed by atoms with Crippen LogP contribution in [0.3, 0.4) is 0 Å². The first-order valence-electron chi connectivity index (χ1n) is 11.6. The van der Waals surface area contributed by atoms with E-state index in [0.717, 1.165) is 0 Å². The van der Waals surface area contributed by atoms with Crippen LogP contribution in [0.25, 0.3) is 0 Å². The van der Waals surface area contributed by atoms with E-state index in [9.17, 15) is 14.4 Å². The third-order valence-electron chi connectivity index (χ3n) is 5.97. The lowest BCUT2D eigenvalue weighted by molar-refractivity contribution is 0.0669. The van der Waals surface area contributed by atoms with Gasteiger partial charge in [-0.1, -0.05) is 0 Å². The number of aromatic nitrogens is 3. The normalized spacial score (nSPS) is 17.4. The smallest absolute Gasteiger partial charge is 0.320 e. The van der Waals surface area contributed by atoms with Crippen LogP contribution in [0.4, 0.5) is 22.2 Å². The number of nitrogens with zero attached hydrogens (tertiary/aromatic N) is 5. The van der Waals surface area contributed by atoms with Crippen molar-refractivity contribution in [3.8, 4) is 0 Å². The number of nitrogens with two attached hydrogens (primary N) is 2. The van der Waals surface area contributed by atoms with E-state index in [1.165, 1.54) is 6.20 Å². The highest BCUT2D eigenvalue weighted by Gasteiger charge is 2.41. The predicted molar refractivity (Wildman–Crippen MR) is 146 cm³/mol. The molecular weight excluding hydrogens is 593 g/mol. The number of anilines is 3. The third kappa shape index (κ3) is 6.15. The number of carbonyl (C=O) groups is 3. The first kappa shape index (κ1) is 26.3. The molecule has 0 bridgehead atoms. The summed E-state index contributed by atoms with van der Waals surface area (Å²) < 4.78 is 0.368. The molecular formula is C22H28IN11O3. The number of aliphatic imine (C=N–C) groups is 1. The van der Waals surface area contributed by atoms with Gasteiger partial charge >= 0.3 is 11.9 Å². The quantitative estimate of drug-likeness (QED) is 0.261. The summed E-state index contributed by atoms with van der Waals surface area (Å²) >= 11 is 1.87. The average molecular weight is 621 g/mol. The van der Waals surface area contributed by atoms with E-state index >= 15 is 0 Å². The molecule has 15 heteroatoms. The van der Waals surface area contributed by atoms with E-state index in [-0.39, 0.29) is 40.8 Å². The molecule has 4 amide bonds. The number of urea groups is 1. The summed E-state index contributed by atoms with van der Waals surface area (Å²) in [6.45, 7) is 5.26. The highest BCUT2D eigenvalue weighted by molar-refractivity contribution is 14.1. The van der Waals surface area contributed by atoms with Gasteiger partial charge in [0.15, 0.2) is 23.3 Å². The molecule has 8 N–H and O–H groups in total. The number of hydrogen-bond acceptors (Lipinski definition) is 8. The van der Waals surface area contributed by atoms with Crippen molar-refractivity contribution in [2.24, 2.45) is 4.99 Å². The van der Waals surface area contributed by atoms with Crippen LogP contribution in [-0.4, -0.2) is 74.9 Å². The van der Waals surface area contributed by atoms with Crippen LogP contribution in [0.5, 0.6) is 0 Å². The zero-order valence-corrected chi connectivity index (χ0v) is 22.5. The molecule has 0 atom stereocenters. The van der Waals surface area contributed by atoms with Gasteiger partial charge in [-0.05, 0) is 61.4 Å². The lowest BCUT2D eigenvalue weighted by atomic mass is 9.88. The zero-order chi connectivity index (χ0) is 26.7. The molecule has 0 aliphatic carbocycles. The molecule has 196 valence electrons. The lowest BCUT2D eigenvalue weighted by Crippen LogP contribution is -2.53. The van der Waals surface area contributed by atoms with E-state index in [4.69, 9.17) is 11.5 Å². The SMILES string of the molecule is CC(C)NC(=O)Nc1cc(C(=O)N2CCC3(CC2)CN/C(=N\C(=O)c2nc(I)c(N)nc2N)N3)ccn1. The minimum Gasteiger partial charge on any atom is -0.382 e. The summed E-state index contributed by atoms with van der Waals surface area (Å²) in [5.41, 5.74) is 11.5. The maximum Gasteiger partial charge on any atom is 0.320 e. The molecule has 2 saturated heterocycles. The second kappa shape index (κ2) is 10.7. The summed E-state index contributed by atoms with van der Waals surface area (Å²) in [5.74, 6) is -0.0937. The monoisotopic (exact) mass is 621 g/mol. The first-order chi connectivity index (χ1) is 17.5. The molecule has 0 unspecified atom stereocenters. The van der Waals surface area contributed by atoms with Gasteiger partial charge in [0, 0.05) is 37.4 Å². The molecule has 2 aromatic heterocycles. The van der Waals surface area contributed by atoms with Crippen LogP contribution in [0.2, 0.25) is 0 Å². The van der Waals surface area contributed by atoms with Crippen molar-refractivity contribution >= 4 is 63.8 Å². The van der Waals surface area contributed by atoms with Gasteiger partial charge in [0.2, 0.25) is 0 Å². The second-order valence-corrected chi connectivity index (χ2v) is 10.2. The topological polar surface area (TPSA) is 206 Å². The van der Waals surface area contributed by atoms with Gasteiger partial charge in [-0.15, -0.1) is 0 Å². The van der Waals surface area contributed by atoms with E-state index in [1.807, 2.05) is 36.4 Å². The molecule has 2 aromatic rings. The van der Waals surface area contributed by atoms with Gasteiger partial charge in [-0.25, -0.2) is 19.7 Å². The van der Waals surface area contributed by atoms with E-state index in [2.05, 4.69) is 41.2 Å². The fourth-order valence-electron chi connectivity index (χ4n) is 4.08. The third-order valence-corrected chi connectivity index (χ3v) is 6.77. The van der Waals surface area contributed by atoms with Gasteiger partial charge in [0.25, 0.3) is 5.91 Å². The highest BCUT2D eigenvalue weighted by atomic mass is 127. The van der Waals surface area contributed by atoms with Crippen molar-refractivity contribution in [2.45, 2.75) is 38.3 Å². The number of rotatable bonds is 4. The van der Waals surface area contributed by atoms with Gasteiger partial charge in [-0.3, -0.25) is 14.9 Å². The number of carbonyl (C=O) groups excluding carboxylic acids is 3. The lowest BCUT2D eigenvalue weighted by Gasteiger charge is -2.38. The summed E-state index contributed by atoms with van der Waals surface area (Å²) in [5, 5.41) is 11.8. The highest BCUT2D eigenvalue weighted by Crippen LogP contribution is 2.26. The molecule has 0 saturated carbocycles. The number of amides is 4. The Morgan fingerprint density at radius 1 is 1.19 bits per heavy atom. The van der Waals surface area contributed by atoms with Crippen LogP contribution >= 0.6 is 22.6 Å². The Bertz CT molecular complexity index is 1260. The van der Waals surface area contributed by atoms with Crippen molar-refractivity contribution in [1.82, 2.24) is 35.8 Å². The number of halogens is 1. The Morgan fingerprint density at radius 2 is 1.92 bits per heavy atom. The number of nitrogen functional groups attached to an aromatic ring is 2. The van der Waals surface area contributed by atoms with E-state index in [0.29, 0.717) is 53.5 Å². The summed E-state index contributed by atoms with van der Waals surface area (Å²) in [6, 6.07) is 2.77. The Balaban J connectivity index is 1.36. The molecule has 0 aromatic carbocycles. The van der Waals surface area contributed by atoms with Gasteiger partial charge < -0.3 is 32.3 Å². The molecule has 4 rings (SSSR count). The Labute approximate surface area is 226 Å². The number of piperidine rings is 1. The zero-order valence-electron chi connectivity index (χ0n) is 20.3. The Hall–Kier alpha value is -3.76. The van der Waals surface area contributed by atoms with Gasteiger partial charge in [0.05, 0.1) is 5.54 Å². The fraction of sp³-hybridized carbons (Fsp3) is 0.409. The van der Waals surface area contributed by atoms with E-state index in [1.54, 1.807) is 17.0 Å². The molecule has 14 nitrogen and oxygen atoms in total. The van der Waals surface area contributed by atoms with Crippen molar-refractivity contribution in [3.05, 3.63) is 33.3 Å². The van der Waals surface area contributed by atoms with Gasteiger partial charge in [0.1, 0.15) is 9.52 Å². The Kier molecular flexibility index (Phi) is 7.60. The van der Waals surface area contributed by atoms with Crippen LogP contribution in [0, 0.1) is 3.70 Å². The molecule has 37 heavy (non-hydrogen) atoms. The van der Waals surface area contributed by atoms with Crippen molar-refractivity contribution < 1.29 is 14.4 Å². The van der Waals surface area contributed by atoms with Crippen molar-refractivity contribution in [1.29, 1.82) is 0 Å². The predicted octanol–water partition coefficient (Wildman–Crippen LogP) is 0.535. The van der Waals surface area contributed by atoms with E-state index < -0.39 is 5.91 Å². The number of pyridine rings is 1. The molecule has 2 aliphatic heterocycles. The minimum absolute atomic E-state index is 0.0266. The van der Waals surface area contributed by atoms with Crippen LogP contribution in [0.15, 0.2) is 23.3 Å². The number of likely N-dealkylation sites (tertiary alicyclic amines) is 1. The van der Waals surface area contributed by atoms with Crippen LogP contribution in [0.1, 0.15) is 47.5 Å². The first-order valence-corrected chi connectivity index (χ1v) is 12.7. The molecule has 2 fully saturated rings. The number of guanidine groups is 1. The summed E-state index contributed by atoms with van der Waals surface area (Å²) in [6.07, 6.45) is 2.78. The van der Waals surface area contributed by atoms with Crippen molar-refractivity contribution in [2.75, 3.05) is 36.4 Å². The van der Waals surface area contributed by atoms with Crippen LogP contribution in [-0.2, 0) is 0 Å². The van der Waals surface area contributed by atoms with Crippen LogP contribution < -0.4 is 32.7 Å². The second-order valence-electron chi connectivity index (χ2n) is 9.13. The maximum atomic E-state index is 13.1. The standard InChI is InChI=1S/C22H28IN11O3/c1-11(2)28-21(37)29-13-9-12(3-6-26-13)19(36)34-7-4-22(5-8-34)10-27-20(33-22)32-18(35)14-16(24)31-17(25)15(23)30-14/h3,6,9,11H,4-5,7-8,10H2,1-2H3,(H4,24,25,31)(H2,26,28,29,37)(H2,27,32,33,35). The summed E-state index contributed by atoms with van der Waals surface area (Å²) in [4.78, 5) is 55.6. The number of hydrogen-bond donors (Lipinski definition) is 6. The summed E-state index contributed by atoms with van der Waals surface area (Å²) in [7, 11) is 0. The van der Waals surface area contributed by atoms with Gasteiger partial charge in [-0.2, -0.15) is 4.99 Å². The molecule has 2 aliphatic rings. The molecule has 0 radical (unpaired) electrons. The average Bonchev–Trinajstić information content (AvgIpc) is 3.22. The molecule has 4 heterocycles. The fourth-order valence-corrected chi connectivity index (χ4v) is 4.44. The number of nitrogens with one attached hydrogen (secondary N) is 4. The molecule has 1 spiro atoms.